The van der Waals surface area contributed by atoms with Crippen LogP contribution in [0.4, 0.5) is 10.6 Å². The van der Waals surface area contributed by atoms with Crippen LogP contribution in [0.25, 0.3) is 10.9 Å². The topological polar surface area (TPSA) is 56.2 Å². The molecule has 5 heteroatoms. The molecule has 0 unspecified atom stereocenters. The fraction of sp³-hybridized carbons (Fsp3) is 0.429. The third-order valence-electron chi connectivity index (χ3n) is 2.70. The molecule has 102 valence electrons. The molecule has 1 amide bonds. The molecule has 0 bridgehead atoms. The summed E-state index contributed by atoms with van der Waals surface area (Å²) in [4.78, 5) is 15.9. The van der Waals surface area contributed by atoms with Gasteiger partial charge < -0.3 is 9.30 Å². The molecule has 19 heavy (non-hydrogen) atoms. The number of carbonyl (C=O) groups is 1. The minimum Gasteiger partial charge on any atom is -0.444 e. The number of hydrogen-bond donors (Lipinski definition) is 1. The summed E-state index contributed by atoms with van der Waals surface area (Å²) < 4.78 is 7.20. The third kappa shape index (κ3) is 3.05. The lowest BCUT2D eigenvalue weighted by molar-refractivity contribution is 0.0635. The van der Waals surface area contributed by atoms with E-state index in [1.54, 1.807) is 6.20 Å². The number of nitrogens with one attached hydrogen (secondary N) is 1. The SMILES string of the molecule is Cc1cn(C)c2cc(NC(=O)OC(C)(C)C)ncc12. The van der Waals surface area contributed by atoms with E-state index in [0.717, 1.165) is 16.5 Å². The fourth-order valence-electron chi connectivity index (χ4n) is 1.95. The number of hydrogen-bond acceptors (Lipinski definition) is 3. The molecule has 0 aliphatic rings. The Morgan fingerprint density at radius 1 is 1.42 bits per heavy atom. The Morgan fingerprint density at radius 2 is 2.11 bits per heavy atom. The zero-order valence-electron chi connectivity index (χ0n) is 11.9. The monoisotopic (exact) mass is 261 g/mol. The summed E-state index contributed by atoms with van der Waals surface area (Å²) in [5, 5.41) is 3.72. The van der Waals surface area contributed by atoms with E-state index in [-0.39, 0.29) is 0 Å². The molecule has 0 aliphatic carbocycles. The van der Waals surface area contributed by atoms with Gasteiger partial charge in [0.25, 0.3) is 0 Å². The van der Waals surface area contributed by atoms with Crippen LogP contribution in [0, 0.1) is 6.92 Å². The first-order valence-corrected chi connectivity index (χ1v) is 6.18. The number of pyridine rings is 1. The van der Waals surface area contributed by atoms with Crippen LogP contribution in [0.2, 0.25) is 0 Å². The molecule has 0 saturated heterocycles. The quantitative estimate of drug-likeness (QED) is 0.857. The molecule has 0 fully saturated rings. The molecule has 2 rings (SSSR count). The van der Waals surface area contributed by atoms with Crippen LogP contribution >= 0.6 is 0 Å². The largest absolute Gasteiger partial charge is 0.444 e. The molecule has 2 heterocycles. The molecule has 0 aliphatic heterocycles. The van der Waals surface area contributed by atoms with Crippen LogP contribution in [-0.2, 0) is 11.8 Å². The molecule has 2 aromatic heterocycles. The molecular formula is C14H19N3O2. The minimum absolute atomic E-state index is 0.489. The van der Waals surface area contributed by atoms with Crippen molar-refractivity contribution in [1.82, 2.24) is 9.55 Å². The van der Waals surface area contributed by atoms with Gasteiger partial charge in [0.1, 0.15) is 11.4 Å². The van der Waals surface area contributed by atoms with Crippen molar-refractivity contribution < 1.29 is 9.53 Å². The lowest BCUT2D eigenvalue weighted by Crippen LogP contribution is -2.27. The molecule has 2 aromatic rings. The second kappa shape index (κ2) is 4.57. The third-order valence-corrected chi connectivity index (χ3v) is 2.70. The van der Waals surface area contributed by atoms with Crippen LogP contribution in [0.15, 0.2) is 18.5 Å². The maximum absolute atomic E-state index is 11.7. The number of rotatable bonds is 1. The Kier molecular flexibility index (Phi) is 3.22. The standard InChI is InChI=1S/C14H19N3O2/c1-9-8-17(5)11-6-12(15-7-10(9)11)16-13(18)19-14(2,3)4/h6-8H,1-5H3,(H,15,16,18). The van der Waals surface area contributed by atoms with Crippen molar-refractivity contribution in [3.05, 3.63) is 24.0 Å². The molecular weight excluding hydrogens is 242 g/mol. The summed E-state index contributed by atoms with van der Waals surface area (Å²) in [6.45, 7) is 7.50. The first-order chi connectivity index (χ1) is 8.76. The number of fused-ring (bicyclic) bond motifs is 1. The zero-order chi connectivity index (χ0) is 14.2. The van der Waals surface area contributed by atoms with E-state index >= 15 is 0 Å². The molecule has 0 aromatic carbocycles. The van der Waals surface area contributed by atoms with E-state index in [1.807, 2.05) is 51.6 Å². The Labute approximate surface area is 112 Å². The summed E-state index contributed by atoms with van der Waals surface area (Å²) in [5.74, 6) is 0.489. The number of carbonyl (C=O) groups excluding carboxylic acids is 1. The highest BCUT2D eigenvalue weighted by Crippen LogP contribution is 2.21. The van der Waals surface area contributed by atoms with Crippen molar-refractivity contribution in [2.75, 3.05) is 5.32 Å². The first kappa shape index (κ1) is 13.4. The van der Waals surface area contributed by atoms with E-state index < -0.39 is 11.7 Å². The number of amides is 1. The number of aromatic nitrogens is 2. The van der Waals surface area contributed by atoms with Crippen LogP contribution in [-0.4, -0.2) is 21.2 Å². The predicted octanol–water partition coefficient (Wildman–Crippen LogP) is 3.23. The molecule has 5 nitrogen and oxygen atoms in total. The molecule has 1 N–H and O–H groups in total. The molecule has 0 saturated carbocycles. The Hall–Kier alpha value is -2.04. The van der Waals surface area contributed by atoms with Gasteiger partial charge >= 0.3 is 6.09 Å². The van der Waals surface area contributed by atoms with E-state index in [2.05, 4.69) is 10.3 Å². The van der Waals surface area contributed by atoms with Gasteiger partial charge in [-0.2, -0.15) is 0 Å². The lowest BCUT2D eigenvalue weighted by atomic mass is 10.2. The Bertz CT molecular complexity index is 623. The van der Waals surface area contributed by atoms with Gasteiger partial charge in [-0.1, -0.05) is 0 Å². The highest BCUT2D eigenvalue weighted by atomic mass is 16.6. The summed E-state index contributed by atoms with van der Waals surface area (Å²) in [6.07, 6.45) is 3.30. The second-order valence-electron chi connectivity index (χ2n) is 5.64. The van der Waals surface area contributed by atoms with Crippen LogP contribution in [0.1, 0.15) is 26.3 Å². The summed E-state index contributed by atoms with van der Waals surface area (Å²) in [7, 11) is 1.96. The van der Waals surface area contributed by atoms with Gasteiger partial charge in [-0.05, 0) is 33.3 Å². The summed E-state index contributed by atoms with van der Waals surface area (Å²) >= 11 is 0. The first-order valence-electron chi connectivity index (χ1n) is 6.18. The number of ether oxygens (including phenoxy) is 1. The van der Waals surface area contributed by atoms with E-state index in [4.69, 9.17) is 4.74 Å². The van der Waals surface area contributed by atoms with Gasteiger partial charge in [0, 0.05) is 30.9 Å². The number of nitrogens with zero attached hydrogens (tertiary/aromatic N) is 2. The normalized spacial score (nSPS) is 11.6. The van der Waals surface area contributed by atoms with Crippen molar-refractivity contribution >= 4 is 22.8 Å². The van der Waals surface area contributed by atoms with E-state index in [0.29, 0.717) is 5.82 Å². The predicted molar refractivity (Wildman–Crippen MR) is 75.3 cm³/mol. The van der Waals surface area contributed by atoms with E-state index in [9.17, 15) is 4.79 Å². The zero-order valence-corrected chi connectivity index (χ0v) is 11.9. The summed E-state index contributed by atoms with van der Waals surface area (Å²) in [6, 6.07) is 1.84. The van der Waals surface area contributed by atoms with Gasteiger partial charge in [0.05, 0.1) is 5.52 Å². The van der Waals surface area contributed by atoms with Crippen LogP contribution in [0.5, 0.6) is 0 Å². The Balaban J connectivity index is 2.22. The van der Waals surface area contributed by atoms with Gasteiger partial charge in [-0.25, -0.2) is 9.78 Å². The van der Waals surface area contributed by atoms with Gasteiger partial charge in [0.2, 0.25) is 0 Å². The molecule has 0 atom stereocenters. The Morgan fingerprint density at radius 3 is 2.74 bits per heavy atom. The van der Waals surface area contributed by atoms with Crippen LogP contribution < -0.4 is 5.32 Å². The molecule has 0 spiro atoms. The van der Waals surface area contributed by atoms with Crippen LogP contribution in [0.3, 0.4) is 0 Å². The summed E-state index contributed by atoms with van der Waals surface area (Å²) in [5.41, 5.74) is 1.67. The highest BCUT2D eigenvalue weighted by molar-refractivity contribution is 5.89. The number of anilines is 1. The van der Waals surface area contributed by atoms with Gasteiger partial charge in [-0.15, -0.1) is 0 Å². The lowest BCUT2D eigenvalue weighted by Gasteiger charge is -2.19. The minimum atomic E-state index is -0.518. The van der Waals surface area contributed by atoms with Crippen molar-refractivity contribution in [2.45, 2.75) is 33.3 Å². The van der Waals surface area contributed by atoms with Gasteiger partial charge in [0.15, 0.2) is 0 Å². The maximum atomic E-state index is 11.7. The van der Waals surface area contributed by atoms with Crippen molar-refractivity contribution in [3.63, 3.8) is 0 Å². The van der Waals surface area contributed by atoms with E-state index in [1.165, 1.54) is 0 Å². The maximum Gasteiger partial charge on any atom is 0.413 e. The average Bonchev–Trinajstić information content (AvgIpc) is 2.51. The number of aryl methyl sites for hydroxylation is 2. The van der Waals surface area contributed by atoms with Crippen molar-refractivity contribution in [2.24, 2.45) is 7.05 Å². The van der Waals surface area contributed by atoms with Gasteiger partial charge in [-0.3, -0.25) is 5.32 Å². The smallest absolute Gasteiger partial charge is 0.413 e. The van der Waals surface area contributed by atoms with Crippen molar-refractivity contribution in [3.8, 4) is 0 Å². The average molecular weight is 261 g/mol. The second-order valence-corrected chi connectivity index (χ2v) is 5.64. The molecule has 0 radical (unpaired) electrons. The fourth-order valence-corrected chi connectivity index (χ4v) is 1.95. The highest BCUT2D eigenvalue weighted by Gasteiger charge is 2.16. The van der Waals surface area contributed by atoms with Crippen molar-refractivity contribution in [1.29, 1.82) is 0 Å².